The predicted octanol–water partition coefficient (Wildman–Crippen LogP) is 3.81. The molecule has 4 heteroatoms. The molecule has 1 heterocycles. The molecule has 0 amide bonds. The summed E-state index contributed by atoms with van der Waals surface area (Å²) in [6.07, 6.45) is 0. The summed E-state index contributed by atoms with van der Waals surface area (Å²) in [5.74, 6) is 0.480. The van der Waals surface area contributed by atoms with Crippen molar-refractivity contribution in [2.24, 2.45) is 0 Å². The zero-order valence-electron chi connectivity index (χ0n) is 11.2. The highest BCUT2D eigenvalue weighted by Gasteiger charge is 2.08. The van der Waals surface area contributed by atoms with E-state index in [1.54, 1.807) is 12.1 Å². The number of halogens is 1. The lowest BCUT2D eigenvalue weighted by Gasteiger charge is -2.08. The van der Waals surface area contributed by atoms with Gasteiger partial charge in [-0.3, -0.25) is 0 Å². The minimum atomic E-state index is -0.563. The Kier molecular flexibility index (Phi) is 3.69. The summed E-state index contributed by atoms with van der Waals surface area (Å²) in [7, 11) is 0. The fourth-order valence-electron chi connectivity index (χ4n) is 2.25. The van der Waals surface area contributed by atoms with Crippen molar-refractivity contribution >= 4 is 11.0 Å². The standard InChI is InChI=1S/C17H13FO3/c18-8-9-20-13-6-7-14-15(12-4-2-1-3-5-12)11-17(19)21-16(14)10-13/h1-7,10-11H,8-9H2. The van der Waals surface area contributed by atoms with Crippen LogP contribution >= 0.6 is 0 Å². The molecule has 0 saturated carbocycles. The smallest absolute Gasteiger partial charge is 0.336 e. The van der Waals surface area contributed by atoms with Crippen LogP contribution in [0.5, 0.6) is 5.75 Å². The average Bonchev–Trinajstić information content (AvgIpc) is 2.52. The maximum atomic E-state index is 12.1. The average molecular weight is 284 g/mol. The molecule has 21 heavy (non-hydrogen) atoms. The van der Waals surface area contributed by atoms with Crippen LogP contribution in [0.25, 0.3) is 22.1 Å². The van der Waals surface area contributed by atoms with Crippen LogP contribution in [0.15, 0.2) is 63.8 Å². The SMILES string of the molecule is O=c1cc(-c2ccccc2)c2ccc(OCCF)cc2o1. The van der Waals surface area contributed by atoms with Crippen molar-refractivity contribution in [1.29, 1.82) is 0 Å². The second-order valence-electron chi connectivity index (χ2n) is 4.54. The molecule has 0 aliphatic rings. The highest BCUT2D eigenvalue weighted by atomic mass is 19.1. The molecule has 3 rings (SSSR count). The van der Waals surface area contributed by atoms with Crippen LogP contribution in [0.2, 0.25) is 0 Å². The van der Waals surface area contributed by atoms with Gasteiger partial charge >= 0.3 is 5.63 Å². The second kappa shape index (κ2) is 5.79. The van der Waals surface area contributed by atoms with Gasteiger partial charge in [0.15, 0.2) is 0 Å². The van der Waals surface area contributed by atoms with Crippen LogP contribution < -0.4 is 10.4 Å². The van der Waals surface area contributed by atoms with Gasteiger partial charge in [0, 0.05) is 17.5 Å². The van der Waals surface area contributed by atoms with Crippen molar-refractivity contribution in [3.05, 3.63) is 65.0 Å². The van der Waals surface area contributed by atoms with Gasteiger partial charge in [-0.25, -0.2) is 9.18 Å². The van der Waals surface area contributed by atoms with Gasteiger partial charge in [-0.05, 0) is 23.3 Å². The molecule has 0 N–H and O–H groups in total. The molecule has 0 aliphatic carbocycles. The molecule has 0 spiro atoms. The van der Waals surface area contributed by atoms with Crippen molar-refractivity contribution in [2.75, 3.05) is 13.3 Å². The first-order valence-electron chi connectivity index (χ1n) is 6.60. The van der Waals surface area contributed by atoms with Crippen molar-refractivity contribution in [3.8, 4) is 16.9 Å². The Morgan fingerprint density at radius 1 is 1.05 bits per heavy atom. The van der Waals surface area contributed by atoms with Crippen molar-refractivity contribution in [2.45, 2.75) is 0 Å². The van der Waals surface area contributed by atoms with Crippen molar-refractivity contribution in [3.63, 3.8) is 0 Å². The zero-order valence-corrected chi connectivity index (χ0v) is 11.2. The third-order valence-corrected chi connectivity index (χ3v) is 3.15. The summed E-state index contributed by atoms with van der Waals surface area (Å²) >= 11 is 0. The highest BCUT2D eigenvalue weighted by Crippen LogP contribution is 2.29. The largest absolute Gasteiger partial charge is 0.491 e. The molecule has 0 unspecified atom stereocenters. The molecule has 0 aliphatic heterocycles. The van der Waals surface area contributed by atoms with E-state index in [-0.39, 0.29) is 6.61 Å². The van der Waals surface area contributed by atoms with Gasteiger partial charge in [0.2, 0.25) is 0 Å². The molecule has 0 saturated heterocycles. The summed E-state index contributed by atoms with van der Waals surface area (Å²) in [6, 6.07) is 16.2. The quantitative estimate of drug-likeness (QED) is 0.684. The molecule has 106 valence electrons. The summed E-state index contributed by atoms with van der Waals surface area (Å²) in [4.78, 5) is 11.7. The van der Waals surface area contributed by atoms with E-state index >= 15 is 0 Å². The summed E-state index contributed by atoms with van der Waals surface area (Å²) < 4.78 is 22.6. The molecule has 3 nitrogen and oxygen atoms in total. The van der Waals surface area contributed by atoms with E-state index in [0.717, 1.165) is 16.5 Å². The lowest BCUT2D eigenvalue weighted by atomic mass is 10.0. The Labute approximate surface area is 120 Å². The van der Waals surface area contributed by atoms with Gasteiger partial charge in [-0.1, -0.05) is 30.3 Å². The van der Waals surface area contributed by atoms with E-state index in [2.05, 4.69) is 0 Å². The van der Waals surface area contributed by atoms with E-state index in [1.165, 1.54) is 6.07 Å². The molecule has 0 atom stereocenters. The van der Waals surface area contributed by atoms with Gasteiger partial charge in [0.05, 0.1) is 0 Å². The van der Waals surface area contributed by atoms with E-state index < -0.39 is 12.3 Å². The number of ether oxygens (including phenoxy) is 1. The number of benzene rings is 2. The number of alkyl halides is 1. The Bertz CT molecular complexity index is 809. The van der Waals surface area contributed by atoms with Gasteiger partial charge in [0.25, 0.3) is 0 Å². The molecule has 2 aromatic carbocycles. The molecular weight excluding hydrogens is 271 g/mol. The number of hydrogen-bond acceptors (Lipinski definition) is 3. The van der Waals surface area contributed by atoms with E-state index in [4.69, 9.17) is 9.15 Å². The molecule has 0 radical (unpaired) electrons. The molecular formula is C17H13FO3. The Morgan fingerprint density at radius 3 is 2.62 bits per heavy atom. The third kappa shape index (κ3) is 2.79. The lowest BCUT2D eigenvalue weighted by molar-refractivity contribution is 0.273. The minimum Gasteiger partial charge on any atom is -0.491 e. The van der Waals surface area contributed by atoms with Crippen LogP contribution in [-0.2, 0) is 0 Å². The van der Waals surface area contributed by atoms with Gasteiger partial charge in [0.1, 0.15) is 24.6 Å². The van der Waals surface area contributed by atoms with Gasteiger partial charge < -0.3 is 9.15 Å². The Morgan fingerprint density at radius 2 is 1.86 bits per heavy atom. The maximum absolute atomic E-state index is 12.1. The predicted molar refractivity (Wildman–Crippen MR) is 79.4 cm³/mol. The van der Waals surface area contributed by atoms with Crippen molar-refractivity contribution < 1.29 is 13.5 Å². The second-order valence-corrected chi connectivity index (χ2v) is 4.54. The van der Waals surface area contributed by atoms with Crippen LogP contribution in [0.1, 0.15) is 0 Å². The summed E-state index contributed by atoms with van der Waals surface area (Å²) in [5, 5.41) is 0.813. The third-order valence-electron chi connectivity index (χ3n) is 3.15. The Balaban J connectivity index is 2.15. The van der Waals surface area contributed by atoms with E-state index in [9.17, 15) is 9.18 Å². The van der Waals surface area contributed by atoms with E-state index in [1.807, 2.05) is 36.4 Å². The van der Waals surface area contributed by atoms with Crippen molar-refractivity contribution in [1.82, 2.24) is 0 Å². The summed E-state index contributed by atoms with van der Waals surface area (Å²) in [5.41, 5.74) is 1.74. The highest BCUT2D eigenvalue weighted by molar-refractivity contribution is 5.93. The minimum absolute atomic E-state index is 0.0197. The first-order chi connectivity index (χ1) is 10.3. The lowest BCUT2D eigenvalue weighted by Crippen LogP contribution is -2.00. The molecule has 3 aromatic rings. The first-order valence-corrected chi connectivity index (χ1v) is 6.60. The zero-order chi connectivity index (χ0) is 14.7. The normalized spacial score (nSPS) is 10.7. The van der Waals surface area contributed by atoms with Crippen LogP contribution in [0.3, 0.4) is 0 Å². The van der Waals surface area contributed by atoms with Gasteiger partial charge in [-0.15, -0.1) is 0 Å². The number of hydrogen-bond donors (Lipinski definition) is 0. The first kappa shape index (κ1) is 13.4. The van der Waals surface area contributed by atoms with Crippen LogP contribution in [-0.4, -0.2) is 13.3 Å². The number of rotatable bonds is 4. The maximum Gasteiger partial charge on any atom is 0.336 e. The Hall–Kier alpha value is -2.62. The van der Waals surface area contributed by atoms with E-state index in [0.29, 0.717) is 11.3 Å². The van der Waals surface area contributed by atoms with Crippen LogP contribution in [0.4, 0.5) is 4.39 Å². The molecule has 0 fully saturated rings. The molecule has 0 bridgehead atoms. The monoisotopic (exact) mass is 284 g/mol. The topological polar surface area (TPSA) is 39.4 Å². The fraction of sp³-hybridized carbons (Fsp3) is 0.118. The molecule has 1 aromatic heterocycles. The number of fused-ring (bicyclic) bond motifs is 1. The van der Waals surface area contributed by atoms with Crippen LogP contribution in [0, 0.1) is 0 Å². The van der Waals surface area contributed by atoms with Gasteiger partial charge in [-0.2, -0.15) is 0 Å². The summed E-state index contributed by atoms with van der Waals surface area (Å²) in [6.45, 7) is -0.583. The fourth-order valence-corrected chi connectivity index (χ4v) is 2.25.